The molecule has 2 amide bonds. The summed E-state index contributed by atoms with van der Waals surface area (Å²) in [6, 6.07) is 23.9. The summed E-state index contributed by atoms with van der Waals surface area (Å²) in [5.41, 5.74) is 1.22. The molecule has 2 aliphatic rings. The molecule has 6 heteroatoms. The van der Waals surface area contributed by atoms with Crippen LogP contribution in [-0.2, 0) is 15.1 Å². The molecular formula is C33H36N2O4. The summed E-state index contributed by atoms with van der Waals surface area (Å²) in [7, 11) is 1.61. The van der Waals surface area contributed by atoms with E-state index in [-0.39, 0.29) is 23.6 Å². The first-order valence-electron chi connectivity index (χ1n) is 14.0. The van der Waals surface area contributed by atoms with Crippen molar-refractivity contribution in [2.45, 2.75) is 63.5 Å². The molecule has 6 nitrogen and oxygen atoms in total. The van der Waals surface area contributed by atoms with E-state index in [1.165, 1.54) is 0 Å². The van der Waals surface area contributed by atoms with Crippen LogP contribution in [0.4, 0.5) is 5.69 Å². The molecule has 0 saturated carbocycles. The Hall–Kier alpha value is -3.93. The highest BCUT2D eigenvalue weighted by atomic mass is 16.5. The quantitative estimate of drug-likeness (QED) is 0.262. The molecule has 4 atom stereocenters. The van der Waals surface area contributed by atoms with Crippen LogP contribution in [0.25, 0.3) is 0 Å². The number of likely N-dealkylation sites (tertiary alicyclic amines) is 1. The topological polar surface area (TPSA) is 75.7 Å². The number of carbonyl (C=O) groups excluding carboxylic acids is 3. The van der Waals surface area contributed by atoms with Gasteiger partial charge in [-0.05, 0) is 25.0 Å². The molecule has 0 aliphatic carbocycles. The largest absolute Gasteiger partial charge is 0.496 e. The predicted molar refractivity (Wildman–Crippen MR) is 152 cm³/mol. The smallest absolute Gasteiger partial charge is 0.255 e. The maximum atomic E-state index is 14.7. The monoisotopic (exact) mass is 524 g/mol. The van der Waals surface area contributed by atoms with E-state index in [0.717, 1.165) is 24.8 Å². The van der Waals surface area contributed by atoms with Gasteiger partial charge in [0.05, 0.1) is 13.0 Å². The van der Waals surface area contributed by atoms with Crippen LogP contribution in [0.5, 0.6) is 5.75 Å². The summed E-state index contributed by atoms with van der Waals surface area (Å²) < 4.78 is 5.79. The minimum atomic E-state index is -1.47. The minimum absolute atomic E-state index is 0.0922. The number of rotatable bonds is 9. The Balaban J connectivity index is 1.81. The summed E-state index contributed by atoms with van der Waals surface area (Å²) in [6.45, 7) is 4.13. The number of nitrogens with zero attached hydrogens (tertiary/aromatic N) is 1. The summed E-state index contributed by atoms with van der Waals surface area (Å²) in [5, 5.41) is 3.05. The number of para-hydroxylation sites is 2. The molecule has 1 fully saturated rings. The lowest BCUT2D eigenvalue weighted by Crippen LogP contribution is -2.56. The summed E-state index contributed by atoms with van der Waals surface area (Å²) in [4.78, 5) is 45.1. The third-order valence-corrected chi connectivity index (χ3v) is 8.39. The Morgan fingerprint density at radius 3 is 2.33 bits per heavy atom. The van der Waals surface area contributed by atoms with Gasteiger partial charge in [-0.3, -0.25) is 14.4 Å². The van der Waals surface area contributed by atoms with E-state index in [0.29, 0.717) is 35.4 Å². The zero-order valence-corrected chi connectivity index (χ0v) is 22.9. The Kier molecular flexibility index (Phi) is 7.56. The summed E-state index contributed by atoms with van der Waals surface area (Å²) >= 11 is 0. The number of Topliss-reactive ketones (excluding diaryl/α,β-unsaturated/α-hetero) is 1. The van der Waals surface area contributed by atoms with Crippen LogP contribution in [0.3, 0.4) is 0 Å². The Morgan fingerprint density at radius 2 is 1.62 bits per heavy atom. The first-order valence-corrected chi connectivity index (χ1v) is 14.0. The molecule has 3 aromatic rings. The number of nitrogens with one attached hydrogen (secondary N) is 1. The number of hydrogen-bond acceptors (Lipinski definition) is 4. The summed E-state index contributed by atoms with van der Waals surface area (Å²) in [5.74, 6) is -1.22. The van der Waals surface area contributed by atoms with Gasteiger partial charge >= 0.3 is 0 Å². The van der Waals surface area contributed by atoms with Crippen LogP contribution < -0.4 is 10.1 Å². The lowest BCUT2D eigenvalue weighted by Gasteiger charge is -2.39. The van der Waals surface area contributed by atoms with Crippen LogP contribution in [-0.4, -0.2) is 35.6 Å². The first-order chi connectivity index (χ1) is 19.0. The fourth-order valence-electron chi connectivity index (χ4n) is 6.79. The van der Waals surface area contributed by atoms with Crippen molar-refractivity contribution < 1.29 is 19.1 Å². The van der Waals surface area contributed by atoms with Gasteiger partial charge in [0.2, 0.25) is 5.91 Å². The second-order valence-corrected chi connectivity index (χ2v) is 10.4. The minimum Gasteiger partial charge on any atom is -0.496 e. The fraction of sp³-hybridized carbons (Fsp3) is 0.364. The zero-order chi connectivity index (χ0) is 27.6. The Labute approximate surface area is 230 Å². The van der Waals surface area contributed by atoms with Crippen LogP contribution in [0, 0.1) is 5.92 Å². The van der Waals surface area contributed by atoms with Crippen molar-refractivity contribution in [2.24, 2.45) is 5.92 Å². The van der Waals surface area contributed by atoms with Crippen molar-refractivity contribution in [3.05, 3.63) is 95.6 Å². The molecule has 5 rings (SSSR count). The van der Waals surface area contributed by atoms with Gasteiger partial charge in [0.15, 0.2) is 11.3 Å². The number of hydrogen-bond donors (Lipinski definition) is 1. The molecule has 4 unspecified atom stereocenters. The van der Waals surface area contributed by atoms with Gasteiger partial charge in [0.1, 0.15) is 5.75 Å². The van der Waals surface area contributed by atoms with Crippen molar-refractivity contribution in [3.63, 3.8) is 0 Å². The van der Waals surface area contributed by atoms with Gasteiger partial charge in [-0.25, -0.2) is 0 Å². The van der Waals surface area contributed by atoms with E-state index >= 15 is 0 Å². The maximum Gasteiger partial charge on any atom is 0.255 e. The molecule has 39 heavy (non-hydrogen) atoms. The number of amides is 2. The van der Waals surface area contributed by atoms with Gasteiger partial charge in [-0.15, -0.1) is 0 Å². The number of ketones is 1. The van der Waals surface area contributed by atoms with Crippen LogP contribution >= 0.6 is 0 Å². The molecule has 0 aromatic heterocycles. The molecule has 1 N–H and O–H groups in total. The molecular weight excluding hydrogens is 488 g/mol. The van der Waals surface area contributed by atoms with Crippen LogP contribution in [0.2, 0.25) is 0 Å². The van der Waals surface area contributed by atoms with Gasteiger partial charge < -0.3 is 15.0 Å². The molecule has 2 heterocycles. The lowest BCUT2D eigenvalue weighted by atomic mass is 9.69. The van der Waals surface area contributed by atoms with Crippen molar-refractivity contribution in [3.8, 4) is 5.75 Å². The predicted octanol–water partition coefficient (Wildman–Crippen LogP) is 6.33. The normalized spacial score (nSPS) is 23.5. The number of unbranched alkanes of at least 4 members (excludes halogenated alkanes) is 2. The Bertz CT molecular complexity index is 1370. The highest BCUT2D eigenvalue weighted by Crippen LogP contribution is 2.60. The SMILES string of the molecule is CCCCCC(=O)N1C(CC)C(c2ccccc2OC)C(C(=O)c2ccccc2)C12C(=O)Nc1ccccc12. The van der Waals surface area contributed by atoms with Crippen LogP contribution in [0.1, 0.15) is 73.4 Å². The number of methoxy groups -OCH3 is 1. The third-order valence-electron chi connectivity index (χ3n) is 8.39. The van der Waals surface area contributed by atoms with Gasteiger partial charge in [0, 0.05) is 40.8 Å². The summed E-state index contributed by atoms with van der Waals surface area (Å²) in [6.07, 6.45) is 3.55. The molecule has 202 valence electrons. The average Bonchev–Trinajstić information content (AvgIpc) is 3.44. The first kappa shape index (κ1) is 26.7. The number of anilines is 1. The van der Waals surface area contributed by atoms with E-state index in [9.17, 15) is 14.4 Å². The molecule has 0 bridgehead atoms. The zero-order valence-electron chi connectivity index (χ0n) is 22.9. The fourth-order valence-corrected chi connectivity index (χ4v) is 6.79. The molecule has 1 saturated heterocycles. The van der Waals surface area contributed by atoms with E-state index < -0.39 is 17.4 Å². The maximum absolute atomic E-state index is 14.7. The van der Waals surface area contributed by atoms with Crippen LogP contribution in [0.15, 0.2) is 78.9 Å². The van der Waals surface area contributed by atoms with Crippen molar-refractivity contribution in [1.29, 1.82) is 0 Å². The van der Waals surface area contributed by atoms with Crippen molar-refractivity contribution in [1.82, 2.24) is 4.90 Å². The molecule has 0 radical (unpaired) electrons. The van der Waals surface area contributed by atoms with Crippen molar-refractivity contribution >= 4 is 23.3 Å². The molecule has 1 spiro atoms. The number of carbonyl (C=O) groups is 3. The highest BCUT2D eigenvalue weighted by molar-refractivity contribution is 6.14. The third kappa shape index (κ3) is 4.22. The van der Waals surface area contributed by atoms with Crippen molar-refractivity contribution in [2.75, 3.05) is 12.4 Å². The number of fused-ring (bicyclic) bond motifs is 2. The Morgan fingerprint density at radius 1 is 0.923 bits per heavy atom. The average molecular weight is 525 g/mol. The molecule has 3 aromatic carbocycles. The lowest BCUT2D eigenvalue weighted by molar-refractivity contribution is -0.146. The van der Waals surface area contributed by atoms with Gasteiger partial charge in [-0.2, -0.15) is 0 Å². The van der Waals surface area contributed by atoms with Gasteiger partial charge in [0.25, 0.3) is 5.91 Å². The second kappa shape index (κ2) is 11.0. The van der Waals surface area contributed by atoms with Gasteiger partial charge in [-0.1, -0.05) is 93.4 Å². The van der Waals surface area contributed by atoms with E-state index in [2.05, 4.69) is 12.2 Å². The van der Waals surface area contributed by atoms with E-state index in [1.807, 2.05) is 73.7 Å². The number of benzene rings is 3. The number of ether oxygens (including phenoxy) is 1. The highest BCUT2D eigenvalue weighted by Gasteiger charge is 2.69. The molecule has 2 aliphatic heterocycles. The standard InChI is InChI=1S/C33H36N2O4/c1-4-6-8-21-28(36)35-26(5-2)29(23-17-11-14-20-27(23)39-3)30(31(37)22-15-9-7-10-16-22)33(35)24-18-12-13-19-25(24)34-32(33)38/h7,9-20,26,29-30H,4-6,8,21H2,1-3H3,(H,34,38). The second-order valence-electron chi connectivity index (χ2n) is 10.4. The van der Waals surface area contributed by atoms with E-state index in [4.69, 9.17) is 4.74 Å². The van der Waals surface area contributed by atoms with E-state index in [1.54, 1.807) is 24.1 Å².